The Morgan fingerprint density at radius 3 is 2.31 bits per heavy atom. The molecule has 1 aromatic carbocycles. The predicted octanol–water partition coefficient (Wildman–Crippen LogP) is 2.79. The molecular formula is C19H26N4O2S. The Bertz CT molecular complexity index is 919. The number of anilines is 1. The first-order valence-corrected chi connectivity index (χ1v) is 10.4. The molecular weight excluding hydrogens is 348 g/mol. The summed E-state index contributed by atoms with van der Waals surface area (Å²) in [6.45, 7) is 9.68. The maximum Gasteiger partial charge on any atom is 0.241 e. The molecule has 26 heavy (non-hydrogen) atoms. The van der Waals surface area contributed by atoms with E-state index in [2.05, 4.69) is 19.6 Å². The van der Waals surface area contributed by atoms with E-state index in [1.54, 1.807) is 6.07 Å². The molecule has 7 heteroatoms. The van der Waals surface area contributed by atoms with Crippen LogP contribution in [0.25, 0.3) is 0 Å². The lowest BCUT2D eigenvalue weighted by Gasteiger charge is -2.17. The summed E-state index contributed by atoms with van der Waals surface area (Å²) in [6, 6.07) is 5.58. The van der Waals surface area contributed by atoms with Crippen molar-refractivity contribution in [1.29, 1.82) is 0 Å². The van der Waals surface area contributed by atoms with Crippen molar-refractivity contribution in [2.75, 3.05) is 18.0 Å². The van der Waals surface area contributed by atoms with Crippen molar-refractivity contribution in [3.8, 4) is 0 Å². The van der Waals surface area contributed by atoms with E-state index >= 15 is 0 Å². The predicted molar refractivity (Wildman–Crippen MR) is 103 cm³/mol. The topological polar surface area (TPSA) is 75.2 Å². The van der Waals surface area contributed by atoms with Gasteiger partial charge in [-0.25, -0.2) is 23.1 Å². The minimum atomic E-state index is -3.62. The number of aromatic nitrogens is 2. The number of rotatable bonds is 5. The molecule has 0 aliphatic carbocycles. The lowest BCUT2D eigenvalue weighted by atomic mass is 10.1. The molecule has 1 fully saturated rings. The van der Waals surface area contributed by atoms with Gasteiger partial charge in [-0.1, -0.05) is 6.07 Å². The van der Waals surface area contributed by atoms with Crippen LogP contribution in [0.4, 0.5) is 5.82 Å². The van der Waals surface area contributed by atoms with Crippen LogP contribution in [0.5, 0.6) is 0 Å². The van der Waals surface area contributed by atoms with E-state index in [0.29, 0.717) is 10.7 Å². The van der Waals surface area contributed by atoms with Crippen LogP contribution in [-0.2, 0) is 16.6 Å². The molecule has 0 spiro atoms. The quantitative estimate of drug-likeness (QED) is 0.871. The highest BCUT2D eigenvalue weighted by molar-refractivity contribution is 7.89. The molecule has 2 aromatic rings. The third-order valence-corrected chi connectivity index (χ3v) is 6.36. The minimum absolute atomic E-state index is 0.0806. The largest absolute Gasteiger partial charge is 0.357 e. The van der Waals surface area contributed by atoms with Crippen LogP contribution < -0.4 is 9.62 Å². The zero-order chi connectivity index (χ0) is 18.9. The maximum atomic E-state index is 12.7. The van der Waals surface area contributed by atoms with E-state index in [0.717, 1.165) is 54.1 Å². The molecule has 1 aliphatic rings. The molecule has 1 aliphatic heterocycles. The first-order valence-electron chi connectivity index (χ1n) is 8.93. The summed E-state index contributed by atoms with van der Waals surface area (Å²) in [5.41, 5.74) is 3.62. The molecule has 0 unspecified atom stereocenters. The second-order valence-corrected chi connectivity index (χ2v) is 8.74. The van der Waals surface area contributed by atoms with E-state index in [-0.39, 0.29) is 6.54 Å². The molecule has 1 N–H and O–H groups in total. The van der Waals surface area contributed by atoms with Crippen molar-refractivity contribution < 1.29 is 8.42 Å². The van der Waals surface area contributed by atoms with Gasteiger partial charge in [0.05, 0.1) is 11.4 Å². The first kappa shape index (κ1) is 18.8. The van der Waals surface area contributed by atoms with Crippen molar-refractivity contribution in [2.24, 2.45) is 0 Å². The Kier molecular flexibility index (Phi) is 5.29. The van der Waals surface area contributed by atoms with Gasteiger partial charge in [0.1, 0.15) is 11.6 Å². The van der Waals surface area contributed by atoms with E-state index in [1.165, 1.54) is 0 Å². The number of hydrogen-bond acceptors (Lipinski definition) is 5. The Balaban J connectivity index is 1.81. The van der Waals surface area contributed by atoms with Crippen LogP contribution in [0, 0.1) is 27.7 Å². The van der Waals surface area contributed by atoms with Gasteiger partial charge in [-0.3, -0.25) is 0 Å². The molecule has 1 aromatic heterocycles. The van der Waals surface area contributed by atoms with Gasteiger partial charge < -0.3 is 4.90 Å². The van der Waals surface area contributed by atoms with E-state index in [4.69, 9.17) is 0 Å². The van der Waals surface area contributed by atoms with Crippen molar-refractivity contribution in [1.82, 2.24) is 14.7 Å². The lowest BCUT2D eigenvalue weighted by Crippen LogP contribution is -2.26. The average Bonchev–Trinajstić information content (AvgIpc) is 3.10. The molecule has 0 atom stereocenters. The molecule has 2 heterocycles. The third-order valence-electron chi connectivity index (χ3n) is 4.82. The van der Waals surface area contributed by atoms with Crippen LogP contribution in [-0.4, -0.2) is 31.5 Å². The lowest BCUT2D eigenvalue weighted by molar-refractivity contribution is 0.578. The van der Waals surface area contributed by atoms with Crippen LogP contribution in [0.15, 0.2) is 23.1 Å². The summed E-state index contributed by atoms with van der Waals surface area (Å²) in [5, 5.41) is 0. The number of aryl methyl sites for hydroxylation is 4. The standard InChI is InChI=1S/C19H26N4O2S/c1-13-9-15(3)17(10-14(13)2)26(24,25)20-12-18-21-16(4)11-19(22-18)23-7-5-6-8-23/h9-11,20H,5-8,12H2,1-4H3. The summed E-state index contributed by atoms with van der Waals surface area (Å²) in [6.07, 6.45) is 2.33. The van der Waals surface area contributed by atoms with Gasteiger partial charge in [0, 0.05) is 24.8 Å². The summed E-state index contributed by atoms with van der Waals surface area (Å²) in [5.74, 6) is 1.38. The first-order chi connectivity index (χ1) is 12.3. The third kappa shape index (κ3) is 4.04. The summed E-state index contributed by atoms with van der Waals surface area (Å²) >= 11 is 0. The van der Waals surface area contributed by atoms with E-state index in [9.17, 15) is 8.42 Å². The molecule has 6 nitrogen and oxygen atoms in total. The molecule has 0 saturated carbocycles. The number of benzene rings is 1. The van der Waals surface area contributed by atoms with Gasteiger partial charge in [0.25, 0.3) is 0 Å². The number of nitrogens with one attached hydrogen (secondary N) is 1. The summed E-state index contributed by atoms with van der Waals surface area (Å²) in [7, 11) is -3.62. The van der Waals surface area contributed by atoms with Gasteiger partial charge in [-0.2, -0.15) is 0 Å². The SMILES string of the molecule is Cc1cc(N2CCCC2)nc(CNS(=O)(=O)c2cc(C)c(C)cc2C)n1. The number of nitrogens with zero attached hydrogens (tertiary/aromatic N) is 3. The van der Waals surface area contributed by atoms with Gasteiger partial charge in [0.15, 0.2) is 0 Å². The van der Waals surface area contributed by atoms with Gasteiger partial charge in [-0.05, 0) is 63.3 Å². The normalized spacial score (nSPS) is 14.8. The van der Waals surface area contributed by atoms with Gasteiger partial charge in [-0.15, -0.1) is 0 Å². The zero-order valence-corrected chi connectivity index (χ0v) is 16.7. The van der Waals surface area contributed by atoms with Crippen molar-refractivity contribution in [3.63, 3.8) is 0 Å². The van der Waals surface area contributed by atoms with Crippen LogP contribution >= 0.6 is 0 Å². The molecule has 0 bridgehead atoms. The molecule has 0 amide bonds. The molecule has 0 radical (unpaired) electrons. The van der Waals surface area contributed by atoms with Crippen LogP contribution in [0.3, 0.4) is 0 Å². The number of hydrogen-bond donors (Lipinski definition) is 1. The van der Waals surface area contributed by atoms with Crippen LogP contribution in [0.2, 0.25) is 0 Å². The van der Waals surface area contributed by atoms with Gasteiger partial charge in [0.2, 0.25) is 10.0 Å². The summed E-state index contributed by atoms with van der Waals surface area (Å²) < 4.78 is 28.1. The second kappa shape index (κ2) is 7.32. The highest BCUT2D eigenvalue weighted by Crippen LogP contribution is 2.21. The summed E-state index contributed by atoms with van der Waals surface area (Å²) in [4.78, 5) is 11.5. The van der Waals surface area contributed by atoms with Crippen molar-refractivity contribution in [3.05, 3.63) is 46.4 Å². The smallest absolute Gasteiger partial charge is 0.241 e. The number of sulfonamides is 1. The fraction of sp³-hybridized carbons (Fsp3) is 0.474. The highest BCUT2D eigenvalue weighted by atomic mass is 32.2. The van der Waals surface area contributed by atoms with Crippen molar-refractivity contribution >= 4 is 15.8 Å². The average molecular weight is 375 g/mol. The fourth-order valence-corrected chi connectivity index (χ4v) is 4.55. The second-order valence-electron chi connectivity index (χ2n) is 7.00. The Morgan fingerprint density at radius 2 is 1.62 bits per heavy atom. The Labute approximate surface area is 155 Å². The van der Waals surface area contributed by atoms with E-state index < -0.39 is 10.0 Å². The van der Waals surface area contributed by atoms with Gasteiger partial charge >= 0.3 is 0 Å². The molecule has 3 rings (SSSR count). The molecule has 140 valence electrons. The van der Waals surface area contributed by atoms with Crippen molar-refractivity contribution in [2.45, 2.75) is 52.0 Å². The Morgan fingerprint density at radius 1 is 0.962 bits per heavy atom. The Hall–Kier alpha value is -1.99. The maximum absolute atomic E-state index is 12.7. The highest BCUT2D eigenvalue weighted by Gasteiger charge is 2.19. The van der Waals surface area contributed by atoms with Crippen LogP contribution in [0.1, 0.15) is 41.1 Å². The monoisotopic (exact) mass is 374 g/mol. The zero-order valence-electron chi connectivity index (χ0n) is 15.8. The minimum Gasteiger partial charge on any atom is -0.357 e. The molecule has 1 saturated heterocycles. The van der Waals surface area contributed by atoms with E-state index in [1.807, 2.05) is 39.8 Å². The fourth-order valence-electron chi connectivity index (χ4n) is 3.26.